The molecule has 0 bridgehead atoms. The highest BCUT2D eigenvalue weighted by atomic mass is 16.2. The Morgan fingerprint density at radius 1 is 1.06 bits per heavy atom. The zero-order chi connectivity index (χ0) is 22.5. The second-order valence-corrected chi connectivity index (χ2v) is 7.35. The fourth-order valence-electron chi connectivity index (χ4n) is 3.69. The van der Waals surface area contributed by atoms with Gasteiger partial charge in [-0.1, -0.05) is 60.7 Å². The molecule has 3 aromatic carbocycles. The third-order valence-corrected chi connectivity index (χ3v) is 5.28. The molecule has 6 nitrogen and oxygen atoms in total. The lowest BCUT2D eigenvalue weighted by molar-refractivity contribution is -0.125. The van der Waals surface area contributed by atoms with Crippen molar-refractivity contribution in [1.82, 2.24) is 15.1 Å². The summed E-state index contributed by atoms with van der Waals surface area (Å²) in [6, 6.07) is 23.3. The smallest absolute Gasteiger partial charge is 0.303 e. The number of aromatic nitrogens is 2. The number of carbonyl (C=O) groups excluding carboxylic acids is 2. The summed E-state index contributed by atoms with van der Waals surface area (Å²) >= 11 is 0. The Morgan fingerprint density at radius 2 is 1.75 bits per heavy atom. The fourth-order valence-corrected chi connectivity index (χ4v) is 3.69. The minimum Gasteiger partial charge on any atom is -0.350 e. The average molecular weight is 422 g/mol. The lowest BCUT2D eigenvalue weighted by Gasteiger charge is -2.30. The molecule has 1 unspecified atom stereocenters. The number of benzene rings is 3. The summed E-state index contributed by atoms with van der Waals surface area (Å²) in [7, 11) is 1.84. The van der Waals surface area contributed by atoms with Crippen molar-refractivity contribution in [2.75, 3.05) is 4.90 Å². The van der Waals surface area contributed by atoms with Crippen LogP contribution in [0.5, 0.6) is 0 Å². The second-order valence-electron chi connectivity index (χ2n) is 7.35. The fraction of sp³-hybridized carbons (Fsp3) is 0.115. The first-order valence-electron chi connectivity index (χ1n) is 10.2. The predicted octanol–water partition coefficient (Wildman–Crippen LogP) is 3.60. The lowest BCUT2D eigenvalue weighted by Crippen LogP contribution is -2.43. The van der Waals surface area contributed by atoms with Gasteiger partial charge < -0.3 is 5.32 Å². The molecule has 0 saturated heterocycles. The molecule has 32 heavy (non-hydrogen) atoms. The molecule has 0 aliphatic rings. The van der Waals surface area contributed by atoms with E-state index in [1.165, 1.54) is 4.90 Å². The first-order valence-corrected chi connectivity index (χ1v) is 10.2. The SMILES string of the molecule is C#CC(=O)N(c1ccc2c(cnn2C)c1)C(C(=O)NCc1ccccc1)c1ccccc1. The molecule has 4 rings (SSSR count). The zero-order valence-corrected chi connectivity index (χ0v) is 17.6. The number of nitrogens with zero attached hydrogens (tertiary/aromatic N) is 3. The van der Waals surface area contributed by atoms with Crippen LogP contribution >= 0.6 is 0 Å². The van der Waals surface area contributed by atoms with Crippen molar-refractivity contribution in [2.45, 2.75) is 12.6 Å². The molecule has 1 aromatic heterocycles. The normalized spacial score (nSPS) is 11.5. The Bertz CT molecular complexity index is 1290. The zero-order valence-electron chi connectivity index (χ0n) is 17.6. The Morgan fingerprint density at radius 3 is 2.44 bits per heavy atom. The maximum atomic E-state index is 13.4. The van der Waals surface area contributed by atoms with Gasteiger partial charge in [-0.25, -0.2) is 0 Å². The van der Waals surface area contributed by atoms with Gasteiger partial charge in [0.05, 0.1) is 11.7 Å². The molecule has 0 radical (unpaired) electrons. The van der Waals surface area contributed by atoms with Crippen LogP contribution in [-0.4, -0.2) is 21.6 Å². The number of anilines is 1. The van der Waals surface area contributed by atoms with Gasteiger partial charge in [0.15, 0.2) is 0 Å². The van der Waals surface area contributed by atoms with Gasteiger partial charge in [-0.15, -0.1) is 6.42 Å². The molecule has 0 saturated carbocycles. The molecular formula is C26H22N4O2. The maximum absolute atomic E-state index is 13.4. The van der Waals surface area contributed by atoms with E-state index in [9.17, 15) is 9.59 Å². The number of aryl methyl sites for hydroxylation is 1. The van der Waals surface area contributed by atoms with E-state index in [2.05, 4.69) is 16.3 Å². The van der Waals surface area contributed by atoms with Gasteiger partial charge in [-0.2, -0.15) is 5.10 Å². The minimum atomic E-state index is -0.933. The van der Waals surface area contributed by atoms with E-state index in [1.54, 1.807) is 16.9 Å². The van der Waals surface area contributed by atoms with Gasteiger partial charge in [0.1, 0.15) is 6.04 Å². The number of amides is 2. The number of hydrogen-bond acceptors (Lipinski definition) is 3. The van der Waals surface area contributed by atoms with Gasteiger partial charge in [-0.3, -0.25) is 19.2 Å². The summed E-state index contributed by atoms with van der Waals surface area (Å²) in [5, 5.41) is 8.05. The molecule has 2 amide bonds. The van der Waals surface area contributed by atoms with Crippen molar-refractivity contribution < 1.29 is 9.59 Å². The second kappa shape index (κ2) is 9.19. The molecular weight excluding hydrogens is 400 g/mol. The summed E-state index contributed by atoms with van der Waals surface area (Å²) < 4.78 is 1.74. The van der Waals surface area contributed by atoms with Crippen molar-refractivity contribution in [1.29, 1.82) is 0 Å². The van der Waals surface area contributed by atoms with Crippen molar-refractivity contribution in [2.24, 2.45) is 7.05 Å². The first-order chi connectivity index (χ1) is 15.6. The summed E-state index contributed by atoms with van der Waals surface area (Å²) in [4.78, 5) is 27.7. The Labute approximate surface area is 186 Å². The molecule has 0 fully saturated rings. The summed E-state index contributed by atoms with van der Waals surface area (Å²) in [6.45, 7) is 0.336. The Hall–Kier alpha value is -4.37. The molecule has 0 aliphatic carbocycles. The summed E-state index contributed by atoms with van der Waals surface area (Å²) in [6.07, 6.45) is 7.23. The number of terminal acetylenes is 1. The lowest BCUT2D eigenvalue weighted by atomic mass is 10.0. The summed E-state index contributed by atoms with van der Waals surface area (Å²) in [5.74, 6) is 1.26. The Balaban J connectivity index is 1.75. The number of nitrogens with one attached hydrogen (secondary N) is 1. The molecule has 1 atom stereocenters. The van der Waals surface area contributed by atoms with E-state index in [0.29, 0.717) is 17.8 Å². The van der Waals surface area contributed by atoms with Crippen LogP contribution in [0.2, 0.25) is 0 Å². The number of carbonyl (C=O) groups is 2. The topological polar surface area (TPSA) is 67.2 Å². The summed E-state index contributed by atoms with van der Waals surface area (Å²) in [5.41, 5.74) is 3.05. The highest BCUT2D eigenvalue weighted by Gasteiger charge is 2.32. The largest absolute Gasteiger partial charge is 0.350 e. The van der Waals surface area contributed by atoms with Crippen LogP contribution in [0.3, 0.4) is 0 Å². The minimum absolute atomic E-state index is 0.324. The van der Waals surface area contributed by atoms with Crippen LogP contribution in [0.1, 0.15) is 17.2 Å². The first kappa shape index (κ1) is 20.9. The molecule has 0 spiro atoms. The molecule has 1 N–H and O–H groups in total. The highest BCUT2D eigenvalue weighted by molar-refractivity contribution is 6.10. The molecule has 4 aromatic rings. The Kier molecular flexibility index (Phi) is 6.00. The van der Waals surface area contributed by atoms with Crippen molar-refractivity contribution >= 4 is 28.4 Å². The standard InChI is InChI=1S/C26H22N4O2/c1-3-24(31)30(22-14-15-23-21(16-22)18-28-29(23)2)25(20-12-8-5-9-13-20)26(32)27-17-19-10-6-4-7-11-19/h1,4-16,18,25H,17H2,2H3,(H,27,32). The van der Waals surface area contributed by atoms with Crippen LogP contribution in [0.25, 0.3) is 10.9 Å². The third kappa shape index (κ3) is 4.23. The molecule has 1 heterocycles. The maximum Gasteiger partial charge on any atom is 0.303 e. The van der Waals surface area contributed by atoms with Gasteiger partial charge in [0.25, 0.3) is 0 Å². The average Bonchev–Trinajstić information content (AvgIpc) is 3.21. The van der Waals surface area contributed by atoms with Crippen LogP contribution in [0, 0.1) is 12.3 Å². The van der Waals surface area contributed by atoms with E-state index < -0.39 is 11.9 Å². The van der Waals surface area contributed by atoms with E-state index >= 15 is 0 Å². The van der Waals surface area contributed by atoms with Crippen LogP contribution in [-0.2, 0) is 23.2 Å². The third-order valence-electron chi connectivity index (χ3n) is 5.28. The number of rotatable bonds is 6. The van der Waals surface area contributed by atoms with Gasteiger partial charge in [-0.05, 0) is 35.2 Å². The van der Waals surface area contributed by atoms with Crippen molar-refractivity contribution in [3.8, 4) is 12.3 Å². The number of fused-ring (bicyclic) bond motifs is 1. The van der Waals surface area contributed by atoms with E-state index in [0.717, 1.165) is 16.5 Å². The van der Waals surface area contributed by atoms with E-state index in [4.69, 9.17) is 6.42 Å². The van der Waals surface area contributed by atoms with Crippen LogP contribution in [0.15, 0.2) is 85.1 Å². The van der Waals surface area contributed by atoms with Gasteiger partial charge in [0.2, 0.25) is 5.91 Å². The molecule has 0 aliphatic heterocycles. The molecule has 158 valence electrons. The quantitative estimate of drug-likeness (QED) is 0.483. The van der Waals surface area contributed by atoms with Gasteiger partial charge in [0, 0.05) is 24.7 Å². The van der Waals surface area contributed by atoms with Crippen LogP contribution < -0.4 is 10.2 Å². The van der Waals surface area contributed by atoms with Gasteiger partial charge >= 0.3 is 5.91 Å². The van der Waals surface area contributed by atoms with Crippen LogP contribution in [0.4, 0.5) is 5.69 Å². The van der Waals surface area contributed by atoms with E-state index in [1.807, 2.05) is 79.8 Å². The highest BCUT2D eigenvalue weighted by Crippen LogP contribution is 2.30. The van der Waals surface area contributed by atoms with Crippen molar-refractivity contribution in [3.63, 3.8) is 0 Å². The number of hydrogen-bond donors (Lipinski definition) is 1. The van der Waals surface area contributed by atoms with E-state index in [-0.39, 0.29) is 5.91 Å². The molecule has 6 heteroatoms. The predicted molar refractivity (Wildman–Crippen MR) is 125 cm³/mol. The van der Waals surface area contributed by atoms with Crippen molar-refractivity contribution in [3.05, 3.63) is 96.2 Å². The monoisotopic (exact) mass is 422 g/mol.